The number of hydrogen-bond acceptors (Lipinski definition) is 5. The Balaban J connectivity index is 1.69. The van der Waals surface area contributed by atoms with Crippen molar-refractivity contribution in [2.45, 2.75) is 24.5 Å². The van der Waals surface area contributed by atoms with Crippen molar-refractivity contribution in [3.63, 3.8) is 0 Å². The number of aromatic nitrogens is 3. The molecular formula is C22H23ClN4O2S. The lowest BCUT2D eigenvalue weighted by Crippen LogP contribution is -2.23. The van der Waals surface area contributed by atoms with Crippen LogP contribution in [0, 0.1) is 0 Å². The second kappa shape index (κ2) is 10.8. The summed E-state index contributed by atoms with van der Waals surface area (Å²) >= 11 is 7.70. The van der Waals surface area contributed by atoms with Crippen LogP contribution in [-0.4, -0.2) is 33.5 Å². The summed E-state index contributed by atoms with van der Waals surface area (Å²) < 4.78 is 7.26. The third kappa shape index (κ3) is 5.64. The molecule has 2 aromatic carbocycles. The first-order valence-electron chi connectivity index (χ1n) is 9.45. The summed E-state index contributed by atoms with van der Waals surface area (Å²) in [6.45, 7) is 4.16. The molecule has 0 saturated carbocycles. The van der Waals surface area contributed by atoms with Crippen LogP contribution in [0.1, 0.15) is 17.8 Å². The van der Waals surface area contributed by atoms with Gasteiger partial charge < -0.3 is 10.1 Å². The molecule has 8 heteroatoms. The van der Waals surface area contributed by atoms with Crippen LogP contribution in [-0.2, 0) is 17.8 Å². The van der Waals surface area contributed by atoms with Gasteiger partial charge in [-0.15, -0.1) is 16.8 Å². The molecule has 0 fully saturated rings. The van der Waals surface area contributed by atoms with Gasteiger partial charge in [0.05, 0.1) is 12.8 Å². The number of ether oxygens (including phenoxy) is 1. The molecule has 3 rings (SSSR count). The van der Waals surface area contributed by atoms with E-state index in [1.165, 1.54) is 11.8 Å². The van der Waals surface area contributed by atoms with Gasteiger partial charge >= 0.3 is 0 Å². The molecule has 0 aliphatic heterocycles. The van der Waals surface area contributed by atoms with E-state index in [0.29, 0.717) is 36.0 Å². The quantitative estimate of drug-likeness (QED) is 0.371. The van der Waals surface area contributed by atoms with E-state index >= 15 is 0 Å². The fourth-order valence-electron chi connectivity index (χ4n) is 2.92. The number of rotatable bonds is 10. The van der Waals surface area contributed by atoms with Crippen molar-refractivity contribution in [1.29, 1.82) is 0 Å². The highest BCUT2D eigenvalue weighted by Crippen LogP contribution is 2.24. The summed E-state index contributed by atoms with van der Waals surface area (Å²) in [6.07, 6.45) is 2.55. The van der Waals surface area contributed by atoms with E-state index in [2.05, 4.69) is 22.1 Å². The lowest BCUT2D eigenvalue weighted by molar-refractivity contribution is -0.121. The zero-order chi connectivity index (χ0) is 21.3. The van der Waals surface area contributed by atoms with Gasteiger partial charge in [0.15, 0.2) is 5.16 Å². The molecule has 1 amide bonds. The topological polar surface area (TPSA) is 69.0 Å². The molecule has 1 N–H and O–H groups in total. The lowest BCUT2D eigenvalue weighted by atomic mass is 10.2. The van der Waals surface area contributed by atoms with Crippen molar-refractivity contribution in [3.05, 3.63) is 77.6 Å². The summed E-state index contributed by atoms with van der Waals surface area (Å²) in [5.41, 5.74) is 1.79. The normalized spacial score (nSPS) is 10.6. The third-order valence-corrected chi connectivity index (χ3v) is 5.50. The molecule has 30 heavy (non-hydrogen) atoms. The van der Waals surface area contributed by atoms with Crippen molar-refractivity contribution in [1.82, 2.24) is 20.1 Å². The Morgan fingerprint density at radius 2 is 2.10 bits per heavy atom. The van der Waals surface area contributed by atoms with E-state index in [1.54, 1.807) is 7.11 Å². The summed E-state index contributed by atoms with van der Waals surface area (Å²) in [5.74, 6) is 2.10. The van der Waals surface area contributed by atoms with Crippen molar-refractivity contribution in [2.75, 3.05) is 12.9 Å². The van der Waals surface area contributed by atoms with Gasteiger partial charge in [-0.25, -0.2) is 0 Å². The average molecular weight is 443 g/mol. The van der Waals surface area contributed by atoms with Crippen LogP contribution in [0.25, 0.3) is 5.69 Å². The maximum Gasteiger partial charge on any atom is 0.220 e. The van der Waals surface area contributed by atoms with Gasteiger partial charge in [0, 0.05) is 35.7 Å². The van der Waals surface area contributed by atoms with E-state index in [9.17, 15) is 4.79 Å². The summed E-state index contributed by atoms with van der Waals surface area (Å²) in [6, 6.07) is 15.1. The first kappa shape index (κ1) is 21.9. The number of hydrogen-bond donors (Lipinski definition) is 1. The van der Waals surface area contributed by atoms with Gasteiger partial charge in [0.2, 0.25) is 5.91 Å². The Kier molecular flexibility index (Phi) is 7.93. The number of methoxy groups -OCH3 is 1. The van der Waals surface area contributed by atoms with Crippen LogP contribution in [0.2, 0.25) is 5.02 Å². The molecule has 0 unspecified atom stereocenters. The Morgan fingerprint density at radius 3 is 2.87 bits per heavy atom. The standard InChI is InChI=1S/C22H23ClN4O2S/c1-3-13-30-22-26-25-20(27(22)18-9-6-8-17(23)14-18)11-12-21(28)24-15-16-7-4-5-10-19(16)29-2/h3-10,14H,1,11-13,15H2,2H3,(H,24,28). The second-order valence-corrected chi connectivity index (χ2v) is 7.83. The first-order valence-corrected chi connectivity index (χ1v) is 10.8. The van der Waals surface area contributed by atoms with Gasteiger partial charge in [-0.3, -0.25) is 9.36 Å². The molecule has 1 heterocycles. The molecule has 0 saturated heterocycles. The van der Waals surface area contributed by atoms with Crippen LogP contribution in [0.3, 0.4) is 0 Å². The number of nitrogens with zero attached hydrogens (tertiary/aromatic N) is 3. The molecule has 0 radical (unpaired) electrons. The van der Waals surface area contributed by atoms with Gasteiger partial charge in [-0.2, -0.15) is 0 Å². The highest BCUT2D eigenvalue weighted by atomic mass is 35.5. The first-order chi connectivity index (χ1) is 14.6. The molecule has 156 valence electrons. The Labute approximate surface area is 185 Å². The fourth-order valence-corrected chi connectivity index (χ4v) is 3.81. The smallest absolute Gasteiger partial charge is 0.220 e. The number of carbonyl (C=O) groups excluding carboxylic acids is 1. The van der Waals surface area contributed by atoms with Crippen LogP contribution < -0.4 is 10.1 Å². The summed E-state index contributed by atoms with van der Waals surface area (Å²) in [4.78, 5) is 12.4. The van der Waals surface area contributed by atoms with E-state index in [-0.39, 0.29) is 5.91 Å². The molecule has 3 aromatic rings. The second-order valence-electron chi connectivity index (χ2n) is 6.40. The van der Waals surface area contributed by atoms with Gasteiger partial charge in [-0.05, 0) is 24.3 Å². The Bertz CT molecular complexity index is 1020. The monoisotopic (exact) mass is 442 g/mol. The highest BCUT2D eigenvalue weighted by molar-refractivity contribution is 7.99. The molecule has 1 aromatic heterocycles. The zero-order valence-corrected chi connectivity index (χ0v) is 18.2. The minimum Gasteiger partial charge on any atom is -0.496 e. The number of amides is 1. The van der Waals surface area contributed by atoms with E-state index in [0.717, 1.165) is 22.2 Å². The van der Waals surface area contributed by atoms with Crippen LogP contribution in [0.15, 0.2) is 66.3 Å². The molecular weight excluding hydrogens is 420 g/mol. The number of aryl methyl sites for hydroxylation is 1. The van der Waals surface area contributed by atoms with Crippen molar-refractivity contribution >= 4 is 29.3 Å². The number of carbonyl (C=O) groups is 1. The lowest BCUT2D eigenvalue weighted by Gasteiger charge is -2.11. The highest BCUT2D eigenvalue weighted by Gasteiger charge is 2.16. The molecule has 6 nitrogen and oxygen atoms in total. The molecule has 0 aliphatic carbocycles. The minimum absolute atomic E-state index is 0.0677. The Morgan fingerprint density at radius 1 is 1.27 bits per heavy atom. The molecule has 0 spiro atoms. The third-order valence-electron chi connectivity index (χ3n) is 4.34. The maximum absolute atomic E-state index is 12.4. The minimum atomic E-state index is -0.0677. The molecule has 0 atom stereocenters. The zero-order valence-electron chi connectivity index (χ0n) is 16.7. The number of para-hydroxylation sites is 1. The van der Waals surface area contributed by atoms with Gasteiger partial charge in [0.25, 0.3) is 0 Å². The van der Waals surface area contributed by atoms with Crippen molar-refractivity contribution in [3.8, 4) is 11.4 Å². The van der Waals surface area contributed by atoms with Crippen LogP contribution in [0.5, 0.6) is 5.75 Å². The predicted molar refractivity (Wildman–Crippen MR) is 120 cm³/mol. The predicted octanol–water partition coefficient (Wildman–Crippen LogP) is 4.46. The number of nitrogens with one attached hydrogen (secondary N) is 1. The summed E-state index contributed by atoms with van der Waals surface area (Å²) in [7, 11) is 1.62. The number of halogens is 1. The van der Waals surface area contributed by atoms with E-state index in [4.69, 9.17) is 16.3 Å². The number of thioether (sulfide) groups is 1. The van der Waals surface area contributed by atoms with E-state index in [1.807, 2.05) is 59.2 Å². The maximum atomic E-state index is 12.4. The van der Waals surface area contributed by atoms with Crippen molar-refractivity contribution in [2.24, 2.45) is 0 Å². The van der Waals surface area contributed by atoms with E-state index < -0.39 is 0 Å². The number of benzene rings is 2. The molecule has 0 bridgehead atoms. The van der Waals surface area contributed by atoms with Crippen LogP contribution in [0.4, 0.5) is 0 Å². The largest absolute Gasteiger partial charge is 0.496 e. The van der Waals surface area contributed by atoms with Crippen LogP contribution >= 0.6 is 23.4 Å². The Hall–Kier alpha value is -2.77. The fraction of sp³-hybridized carbons (Fsp3) is 0.227. The average Bonchev–Trinajstić information content (AvgIpc) is 3.17. The molecule has 0 aliphatic rings. The summed E-state index contributed by atoms with van der Waals surface area (Å²) in [5, 5.41) is 12.9. The SMILES string of the molecule is C=CCSc1nnc(CCC(=O)NCc2ccccc2OC)n1-c1cccc(Cl)c1. The van der Waals surface area contributed by atoms with Crippen molar-refractivity contribution < 1.29 is 9.53 Å². The van der Waals surface area contributed by atoms with Gasteiger partial charge in [0.1, 0.15) is 11.6 Å². The van der Waals surface area contributed by atoms with Gasteiger partial charge in [-0.1, -0.05) is 53.7 Å².